The smallest absolute Gasteiger partial charge is 0.306 e. The number of alkyl halides is 1. The van der Waals surface area contributed by atoms with Gasteiger partial charge in [-0.1, -0.05) is 6.07 Å². The molecule has 3 rings (SSSR count). The van der Waals surface area contributed by atoms with Gasteiger partial charge in [-0.2, -0.15) is 0 Å². The zero-order valence-electron chi connectivity index (χ0n) is 12.7. The highest BCUT2D eigenvalue weighted by Gasteiger charge is 2.43. The summed E-state index contributed by atoms with van der Waals surface area (Å²) in [5, 5.41) is 8.94. The normalized spacial score (nSPS) is 27.1. The van der Waals surface area contributed by atoms with Crippen LogP contribution in [0.15, 0.2) is 23.1 Å². The standard InChI is InChI=1S/C16H20FNO4S/c17-16(7-6-13(9-16)15(19)20)10-18-23(21,22)14-5-4-11-2-1-3-12(11)8-14/h4-5,8,13,18H,1-3,6-7,9-10H2,(H,19,20)/t13-,16+/m1/s1. The minimum atomic E-state index is -3.78. The van der Waals surface area contributed by atoms with Crippen LogP contribution in [0.25, 0.3) is 0 Å². The number of aryl methyl sites for hydroxylation is 2. The molecule has 2 aliphatic rings. The molecule has 0 unspecified atom stereocenters. The van der Waals surface area contributed by atoms with Crippen molar-refractivity contribution in [2.24, 2.45) is 5.92 Å². The maximum Gasteiger partial charge on any atom is 0.306 e. The highest BCUT2D eigenvalue weighted by atomic mass is 32.2. The molecule has 1 fully saturated rings. The molecular formula is C16H20FNO4S. The molecule has 0 spiro atoms. The molecule has 1 saturated carbocycles. The van der Waals surface area contributed by atoms with E-state index in [-0.39, 0.29) is 30.7 Å². The van der Waals surface area contributed by atoms with Gasteiger partial charge in [0.05, 0.1) is 10.8 Å². The van der Waals surface area contributed by atoms with Gasteiger partial charge in [0.15, 0.2) is 0 Å². The molecular weight excluding hydrogens is 321 g/mol. The number of carboxylic acid groups (broad SMARTS) is 1. The van der Waals surface area contributed by atoms with E-state index in [0.29, 0.717) is 0 Å². The van der Waals surface area contributed by atoms with E-state index in [1.54, 1.807) is 12.1 Å². The second kappa shape index (κ2) is 5.87. The minimum absolute atomic E-state index is 0.0661. The zero-order chi connectivity index (χ0) is 16.7. The van der Waals surface area contributed by atoms with E-state index in [2.05, 4.69) is 4.72 Å². The summed E-state index contributed by atoms with van der Waals surface area (Å²) < 4.78 is 41.6. The lowest BCUT2D eigenvalue weighted by Crippen LogP contribution is -2.38. The fraction of sp³-hybridized carbons (Fsp3) is 0.562. The SMILES string of the molecule is O=C(O)[C@@H]1CC[C@@](F)(CNS(=O)(=O)c2ccc3c(c2)CCC3)C1. The van der Waals surface area contributed by atoms with Crippen molar-refractivity contribution in [2.75, 3.05) is 6.54 Å². The summed E-state index contributed by atoms with van der Waals surface area (Å²) in [6.45, 7) is -0.379. The molecule has 0 saturated heterocycles. The number of halogens is 1. The van der Waals surface area contributed by atoms with Crippen LogP contribution in [0.2, 0.25) is 0 Å². The van der Waals surface area contributed by atoms with Crippen LogP contribution in [0.1, 0.15) is 36.8 Å². The molecule has 1 aromatic rings. The Kier molecular flexibility index (Phi) is 4.18. The molecule has 0 aliphatic heterocycles. The van der Waals surface area contributed by atoms with Gasteiger partial charge in [0.25, 0.3) is 0 Å². The predicted molar refractivity (Wildman–Crippen MR) is 82.5 cm³/mol. The van der Waals surface area contributed by atoms with Gasteiger partial charge in [0, 0.05) is 6.54 Å². The monoisotopic (exact) mass is 341 g/mol. The summed E-state index contributed by atoms with van der Waals surface area (Å²) in [4.78, 5) is 11.1. The van der Waals surface area contributed by atoms with E-state index < -0.39 is 27.6 Å². The first-order valence-electron chi connectivity index (χ1n) is 7.82. The first kappa shape index (κ1) is 16.4. The maximum absolute atomic E-state index is 14.6. The predicted octanol–water partition coefficient (Wildman–Crippen LogP) is 2.05. The van der Waals surface area contributed by atoms with Crippen molar-refractivity contribution in [3.05, 3.63) is 29.3 Å². The number of aliphatic carboxylic acids is 1. The first-order chi connectivity index (χ1) is 10.8. The van der Waals surface area contributed by atoms with E-state index in [9.17, 15) is 17.6 Å². The van der Waals surface area contributed by atoms with E-state index in [0.717, 1.165) is 24.8 Å². The number of carboxylic acids is 1. The molecule has 23 heavy (non-hydrogen) atoms. The number of hydrogen-bond acceptors (Lipinski definition) is 3. The third kappa shape index (κ3) is 3.40. The summed E-state index contributed by atoms with van der Waals surface area (Å²) >= 11 is 0. The molecule has 2 atom stereocenters. The summed E-state index contributed by atoms with van der Waals surface area (Å²) in [5.74, 6) is -1.75. The Morgan fingerprint density at radius 2 is 2.09 bits per heavy atom. The second-order valence-corrected chi connectivity index (χ2v) is 8.30. The number of carbonyl (C=O) groups is 1. The lowest BCUT2D eigenvalue weighted by Gasteiger charge is -2.20. The van der Waals surface area contributed by atoms with Gasteiger partial charge in [-0.05, 0) is 61.8 Å². The van der Waals surface area contributed by atoms with E-state index in [4.69, 9.17) is 5.11 Å². The molecule has 126 valence electrons. The van der Waals surface area contributed by atoms with Crippen molar-refractivity contribution < 1.29 is 22.7 Å². The molecule has 2 aliphatic carbocycles. The van der Waals surface area contributed by atoms with Crippen molar-refractivity contribution >= 4 is 16.0 Å². The summed E-state index contributed by atoms with van der Waals surface area (Å²) in [6, 6.07) is 5.02. The lowest BCUT2D eigenvalue weighted by molar-refractivity contribution is -0.141. The van der Waals surface area contributed by atoms with Crippen LogP contribution in [-0.4, -0.2) is 31.7 Å². The van der Waals surface area contributed by atoms with Gasteiger partial charge in [-0.3, -0.25) is 4.79 Å². The minimum Gasteiger partial charge on any atom is -0.481 e. The van der Waals surface area contributed by atoms with Crippen molar-refractivity contribution in [3.63, 3.8) is 0 Å². The van der Waals surface area contributed by atoms with Crippen LogP contribution in [0, 0.1) is 5.92 Å². The van der Waals surface area contributed by atoms with Crippen LogP contribution in [0.3, 0.4) is 0 Å². The lowest BCUT2D eigenvalue weighted by atomic mass is 10.0. The summed E-state index contributed by atoms with van der Waals surface area (Å²) in [5.41, 5.74) is 0.424. The Morgan fingerprint density at radius 3 is 2.78 bits per heavy atom. The molecule has 5 nitrogen and oxygen atoms in total. The largest absolute Gasteiger partial charge is 0.481 e. The zero-order valence-corrected chi connectivity index (χ0v) is 13.5. The van der Waals surface area contributed by atoms with Crippen LogP contribution >= 0.6 is 0 Å². The molecule has 0 radical (unpaired) electrons. The second-order valence-electron chi connectivity index (χ2n) is 6.54. The molecule has 1 aromatic carbocycles. The average Bonchev–Trinajstić information content (AvgIpc) is 3.11. The Bertz CT molecular complexity index is 734. The van der Waals surface area contributed by atoms with Gasteiger partial charge in [0.1, 0.15) is 5.67 Å². The Labute approximate surface area is 135 Å². The highest BCUT2D eigenvalue weighted by molar-refractivity contribution is 7.89. The summed E-state index contributed by atoms with van der Waals surface area (Å²) in [7, 11) is -3.78. The number of nitrogens with one attached hydrogen (secondary N) is 1. The van der Waals surface area contributed by atoms with Gasteiger partial charge in [-0.25, -0.2) is 17.5 Å². The van der Waals surface area contributed by atoms with Crippen molar-refractivity contribution in [3.8, 4) is 0 Å². The Balaban J connectivity index is 1.69. The van der Waals surface area contributed by atoms with Crippen molar-refractivity contribution in [2.45, 2.75) is 49.1 Å². The third-order valence-electron chi connectivity index (χ3n) is 4.86. The quantitative estimate of drug-likeness (QED) is 0.858. The molecule has 0 amide bonds. The number of hydrogen-bond donors (Lipinski definition) is 2. The summed E-state index contributed by atoms with van der Waals surface area (Å²) in [6.07, 6.45) is 3.02. The fourth-order valence-corrected chi connectivity index (χ4v) is 4.63. The van der Waals surface area contributed by atoms with Gasteiger partial charge in [-0.15, -0.1) is 0 Å². The number of benzene rings is 1. The number of fused-ring (bicyclic) bond motifs is 1. The van der Waals surface area contributed by atoms with E-state index in [1.165, 1.54) is 5.56 Å². The van der Waals surface area contributed by atoms with Crippen LogP contribution in [0.4, 0.5) is 4.39 Å². The number of rotatable bonds is 5. The average molecular weight is 341 g/mol. The van der Waals surface area contributed by atoms with Gasteiger partial charge < -0.3 is 5.11 Å². The van der Waals surface area contributed by atoms with Gasteiger partial charge >= 0.3 is 5.97 Å². The van der Waals surface area contributed by atoms with Gasteiger partial charge in [0.2, 0.25) is 10.0 Å². The third-order valence-corrected chi connectivity index (χ3v) is 6.26. The molecule has 0 heterocycles. The van der Waals surface area contributed by atoms with Crippen LogP contribution in [0.5, 0.6) is 0 Å². The molecule has 0 aromatic heterocycles. The molecule has 0 bridgehead atoms. The molecule has 7 heteroatoms. The first-order valence-corrected chi connectivity index (χ1v) is 9.31. The van der Waals surface area contributed by atoms with Crippen molar-refractivity contribution in [1.82, 2.24) is 4.72 Å². The maximum atomic E-state index is 14.6. The number of sulfonamides is 1. The van der Waals surface area contributed by atoms with E-state index >= 15 is 0 Å². The van der Waals surface area contributed by atoms with E-state index in [1.807, 2.05) is 6.07 Å². The Hall–Kier alpha value is -1.47. The molecule has 2 N–H and O–H groups in total. The van der Waals surface area contributed by atoms with Crippen LogP contribution in [-0.2, 0) is 27.7 Å². The van der Waals surface area contributed by atoms with Crippen molar-refractivity contribution in [1.29, 1.82) is 0 Å². The highest BCUT2D eigenvalue weighted by Crippen LogP contribution is 2.37. The fourth-order valence-electron chi connectivity index (χ4n) is 3.47. The topological polar surface area (TPSA) is 83.5 Å². The Morgan fingerprint density at radius 1 is 1.35 bits per heavy atom. The van der Waals surface area contributed by atoms with Crippen LogP contribution < -0.4 is 4.72 Å².